The molecule has 0 N–H and O–H groups in total. The van der Waals surface area contributed by atoms with Crippen molar-refractivity contribution in [2.45, 2.75) is 33.1 Å². The standard InChI is InChI=1S/C22H21N/c1-14-9-15(2)11-16(10-14)21-12-18-17-7-5-6-8-19(17)22(3,4)20(18)13-23-21/h5-13H,1-4H3. The van der Waals surface area contributed by atoms with Gasteiger partial charge in [0.2, 0.25) is 0 Å². The van der Waals surface area contributed by atoms with E-state index in [-0.39, 0.29) is 5.41 Å². The Morgan fingerprint density at radius 1 is 0.783 bits per heavy atom. The Kier molecular flexibility index (Phi) is 2.96. The number of rotatable bonds is 1. The van der Waals surface area contributed by atoms with Crippen LogP contribution >= 0.6 is 0 Å². The number of hydrogen-bond acceptors (Lipinski definition) is 1. The minimum atomic E-state index is 0.0278. The molecule has 0 radical (unpaired) electrons. The summed E-state index contributed by atoms with van der Waals surface area (Å²) in [4.78, 5) is 4.78. The second-order valence-corrected chi connectivity index (χ2v) is 7.16. The van der Waals surface area contributed by atoms with E-state index in [0.29, 0.717) is 0 Å². The van der Waals surface area contributed by atoms with Gasteiger partial charge in [-0.2, -0.15) is 0 Å². The molecule has 4 rings (SSSR count). The van der Waals surface area contributed by atoms with E-state index in [9.17, 15) is 0 Å². The quantitative estimate of drug-likeness (QED) is 0.564. The lowest BCUT2D eigenvalue weighted by Crippen LogP contribution is -2.15. The molecule has 1 heteroatoms. The summed E-state index contributed by atoms with van der Waals surface area (Å²) in [5, 5.41) is 0. The fourth-order valence-corrected chi connectivity index (χ4v) is 3.86. The minimum absolute atomic E-state index is 0.0278. The molecular weight excluding hydrogens is 278 g/mol. The molecule has 0 atom stereocenters. The lowest BCUT2D eigenvalue weighted by atomic mass is 9.83. The van der Waals surface area contributed by atoms with Crippen molar-refractivity contribution in [3.63, 3.8) is 0 Å². The molecule has 0 saturated heterocycles. The number of fused-ring (bicyclic) bond motifs is 3. The van der Waals surface area contributed by atoms with Gasteiger partial charge < -0.3 is 0 Å². The van der Waals surface area contributed by atoms with E-state index in [0.717, 1.165) is 5.69 Å². The molecule has 2 aromatic carbocycles. The van der Waals surface area contributed by atoms with Gasteiger partial charge >= 0.3 is 0 Å². The van der Waals surface area contributed by atoms with E-state index in [2.05, 4.69) is 82.4 Å². The van der Waals surface area contributed by atoms with Crippen molar-refractivity contribution in [2.24, 2.45) is 0 Å². The van der Waals surface area contributed by atoms with Gasteiger partial charge in [0.1, 0.15) is 0 Å². The molecule has 0 saturated carbocycles. The Bertz CT molecular complexity index is 899. The lowest BCUT2D eigenvalue weighted by molar-refractivity contribution is 0.657. The monoisotopic (exact) mass is 299 g/mol. The Morgan fingerprint density at radius 2 is 1.48 bits per heavy atom. The fraction of sp³-hybridized carbons (Fsp3) is 0.227. The second-order valence-electron chi connectivity index (χ2n) is 7.16. The maximum Gasteiger partial charge on any atom is 0.0708 e. The zero-order valence-electron chi connectivity index (χ0n) is 14.1. The van der Waals surface area contributed by atoms with Crippen molar-refractivity contribution in [1.82, 2.24) is 4.98 Å². The maximum atomic E-state index is 4.78. The van der Waals surface area contributed by atoms with Crippen LogP contribution < -0.4 is 0 Å². The van der Waals surface area contributed by atoms with Gasteiger partial charge in [0.05, 0.1) is 5.69 Å². The third kappa shape index (κ3) is 2.11. The first-order valence-corrected chi connectivity index (χ1v) is 8.16. The maximum absolute atomic E-state index is 4.78. The summed E-state index contributed by atoms with van der Waals surface area (Å²) in [5.41, 5.74) is 10.2. The number of aromatic nitrogens is 1. The molecule has 0 spiro atoms. The molecule has 1 aromatic heterocycles. The van der Waals surface area contributed by atoms with Crippen LogP contribution in [0.1, 0.15) is 36.1 Å². The van der Waals surface area contributed by atoms with Crippen LogP contribution in [0.3, 0.4) is 0 Å². The SMILES string of the molecule is Cc1cc(C)cc(-c2cc3c(cn2)C(C)(C)c2ccccc2-3)c1. The average molecular weight is 299 g/mol. The molecule has 0 fully saturated rings. The first-order chi connectivity index (χ1) is 11.0. The Hall–Kier alpha value is -2.41. The molecule has 1 aliphatic rings. The molecule has 0 bridgehead atoms. The molecule has 1 heterocycles. The largest absolute Gasteiger partial charge is 0.256 e. The van der Waals surface area contributed by atoms with E-state index in [1.807, 2.05) is 0 Å². The highest BCUT2D eigenvalue weighted by atomic mass is 14.7. The third-order valence-corrected chi connectivity index (χ3v) is 4.99. The molecule has 1 aliphatic carbocycles. The van der Waals surface area contributed by atoms with Gasteiger partial charge in [-0.15, -0.1) is 0 Å². The predicted octanol–water partition coefficient (Wildman–Crippen LogP) is 5.67. The van der Waals surface area contributed by atoms with E-state index in [1.165, 1.54) is 38.9 Å². The highest BCUT2D eigenvalue weighted by Gasteiger charge is 2.35. The highest BCUT2D eigenvalue weighted by Crippen LogP contribution is 2.48. The Labute approximate surface area is 138 Å². The van der Waals surface area contributed by atoms with E-state index < -0.39 is 0 Å². The van der Waals surface area contributed by atoms with Crippen molar-refractivity contribution in [2.75, 3.05) is 0 Å². The molecule has 1 nitrogen and oxygen atoms in total. The molecule has 23 heavy (non-hydrogen) atoms. The van der Waals surface area contributed by atoms with Crippen molar-refractivity contribution in [3.05, 3.63) is 77.0 Å². The lowest BCUT2D eigenvalue weighted by Gasteiger charge is -2.20. The first-order valence-electron chi connectivity index (χ1n) is 8.16. The van der Waals surface area contributed by atoms with Crippen LogP contribution in [0.25, 0.3) is 22.4 Å². The Morgan fingerprint density at radius 3 is 2.22 bits per heavy atom. The average Bonchev–Trinajstić information content (AvgIpc) is 2.75. The summed E-state index contributed by atoms with van der Waals surface area (Å²) in [6.07, 6.45) is 2.07. The van der Waals surface area contributed by atoms with Crippen LogP contribution in [0.4, 0.5) is 0 Å². The van der Waals surface area contributed by atoms with Gasteiger partial charge in [-0.05, 0) is 54.3 Å². The van der Waals surface area contributed by atoms with Crippen molar-refractivity contribution in [3.8, 4) is 22.4 Å². The summed E-state index contributed by atoms with van der Waals surface area (Å²) < 4.78 is 0. The van der Waals surface area contributed by atoms with Crippen LogP contribution in [0.2, 0.25) is 0 Å². The molecule has 3 aromatic rings. The summed E-state index contributed by atoms with van der Waals surface area (Å²) >= 11 is 0. The van der Waals surface area contributed by atoms with Gasteiger partial charge in [-0.25, -0.2) is 0 Å². The second kappa shape index (κ2) is 4.79. The van der Waals surface area contributed by atoms with Gasteiger partial charge in [0, 0.05) is 17.2 Å². The van der Waals surface area contributed by atoms with Gasteiger partial charge in [-0.3, -0.25) is 4.98 Å². The zero-order valence-corrected chi connectivity index (χ0v) is 14.1. The van der Waals surface area contributed by atoms with Gasteiger partial charge in [-0.1, -0.05) is 55.3 Å². The van der Waals surface area contributed by atoms with Crippen molar-refractivity contribution < 1.29 is 0 Å². The van der Waals surface area contributed by atoms with E-state index >= 15 is 0 Å². The normalized spacial score (nSPS) is 14.4. The topological polar surface area (TPSA) is 12.9 Å². The summed E-state index contributed by atoms with van der Waals surface area (Å²) in [6.45, 7) is 8.86. The van der Waals surface area contributed by atoms with Crippen LogP contribution in [0.15, 0.2) is 54.7 Å². The fourth-order valence-electron chi connectivity index (χ4n) is 3.86. The summed E-state index contributed by atoms with van der Waals surface area (Å²) in [6, 6.07) is 17.6. The number of aryl methyl sites for hydroxylation is 2. The van der Waals surface area contributed by atoms with Crippen LogP contribution in [0, 0.1) is 13.8 Å². The van der Waals surface area contributed by atoms with Crippen LogP contribution in [-0.4, -0.2) is 4.98 Å². The number of nitrogens with zero attached hydrogens (tertiary/aromatic N) is 1. The number of benzene rings is 2. The Balaban J connectivity index is 1.94. The summed E-state index contributed by atoms with van der Waals surface area (Å²) in [7, 11) is 0. The van der Waals surface area contributed by atoms with Crippen molar-refractivity contribution >= 4 is 0 Å². The van der Waals surface area contributed by atoms with E-state index in [1.54, 1.807) is 0 Å². The minimum Gasteiger partial charge on any atom is -0.256 e. The van der Waals surface area contributed by atoms with Crippen molar-refractivity contribution in [1.29, 1.82) is 0 Å². The van der Waals surface area contributed by atoms with Crippen LogP contribution in [-0.2, 0) is 5.41 Å². The smallest absolute Gasteiger partial charge is 0.0708 e. The molecule has 0 aliphatic heterocycles. The molecule has 0 unspecified atom stereocenters. The van der Waals surface area contributed by atoms with Gasteiger partial charge in [0.15, 0.2) is 0 Å². The highest BCUT2D eigenvalue weighted by molar-refractivity contribution is 5.83. The number of hydrogen-bond donors (Lipinski definition) is 0. The molecule has 114 valence electrons. The molecular formula is C22H21N. The van der Waals surface area contributed by atoms with E-state index in [4.69, 9.17) is 4.98 Å². The van der Waals surface area contributed by atoms with Gasteiger partial charge in [0.25, 0.3) is 0 Å². The first kappa shape index (κ1) is 14.2. The predicted molar refractivity (Wildman–Crippen MR) is 96.7 cm³/mol. The van der Waals surface area contributed by atoms with Crippen LogP contribution in [0.5, 0.6) is 0 Å². The molecule has 0 amide bonds. The third-order valence-electron chi connectivity index (χ3n) is 4.99. The summed E-state index contributed by atoms with van der Waals surface area (Å²) in [5.74, 6) is 0. The number of pyridine rings is 1. The zero-order chi connectivity index (χ0) is 16.2.